The van der Waals surface area contributed by atoms with Gasteiger partial charge in [-0.1, -0.05) is 37.3 Å². The number of rotatable bonds is 4. The van der Waals surface area contributed by atoms with Crippen LogP contribution in [0.5, 0.6) is 0 Å². The number of hydrogen-bond acceptors (Lipinski definition) is 5. The maximum Gasteiger partial charge on any atom is 0.289 e. The van der Waals surface area contributed by atoms with E-state index in [1.165, 1.54) is 0 Å². The minimum absolute atomic E-state index is 0.190. The van der Waals surface area contributed by atoms with Crippen LogP contribution in [0.1, 0.15) is 35.9 Å². The normalized spacial score (nSPS) is 15.3. The summed E-state index contributed by atoms with van der Waals surface area (Å²) < 4.78 is 1.70. The number of anilines is 1. The van der Waals surface area contributed by atoms with Crippen molar-refractivity contribution in [2.75, 3.05) is 18.0 Å². The van der Waals surface area contributed by atoms with E-state index in [9.17, 15) is 4.79 Å². The number of amides is 1. The zero-order chi connectivity index (χ0) is 18.8. The number of nitrogens with one attached hydrogen (secondary N) is 1. The molecular weight excluding hydrogens is 340 g/mol. The van der Waals surface area contributed by atoms with Gasteiger partial charge in [0.2, 0.25) is 5.82 Å². The molecule has 0 unspecified atom stereocenters. The molecule has 1 aromatic carbocycles. The smallest absolute Gasteiger partial charge is 0.289 e. The Morgan fingerprint density at radius 1 is 1.19 bits per heavy atom. The summed E-state index contributed by atoms with van der Waals surface area (Å²) in [6.45, 7) is 4.60. The molecule has 3 aromatic rings. The average molecular weight is 364 g/mol. The lowest BCUT2D eigenvalue weighted by molar-refractivity contribution is 0.0941. The van der Waals surface area contributed by atoms with E-state index in [0.717, 1.165) is 48.6 Å². The minimum atomic E-state index is -0.270. The van der Waals surface area contributed by atoms with Gasteiger partial charge in [-0.25, -0.2) is 9.97 Å². The molecule has 1 saturated heterocycles. The number of aryl methyl sites for hydroxylation is 1. The summed E-state index contributed by atoms with van der Waals surface area (Å²) in [5, 5.41) is 8.13. The Hall–Kier alpha value is -2.96. The summed E-state index contributed by atoms with van der Waals surface area (Å²) in [5.74, 6) is 1.45. The van der Waals surface area contributed by atoms with Crippen LogP contribution >= 0.6 is 0 Å². The molecule has 1 aliphatic heterocycles. The van der Waals surface area contributed by atoms with E-state index in [1.54, 1.807) is 10.9 Å². The van der Waals surface area contributed by atoms with Gasteiger partial charge in [0.15, 0.2) is 5.65 Å². The first kappa shape index (κ1) is 17.5. The topological polar surface area (TPSA) is 75.9 Å². The van der Waals surface area contributed by atoms with Gasteiger partial charge in [-0.3, -0.25) is 9.48 Å². The number of carbonyl (C=O) groups is 1. The van der Waals surface area contributed by atoms with Crippen LogP contribution in [-0.4, -0.2) is 38.7 Å². The molecule has 0 radical (unpaired) electrons. The highest BCUT2D eigenvalue weighted by Gasteiger charge is 2.23. The summed E-state index contributed by atoms with van der Waals surface area (Å²) >= 11 is 0. The van der Waals surface area contributed by atoms with Crippen LogP contribution in [0.3, 0.4) is 0 Å². The Labute approximate surface area is 158 Å². The highest BCUT2D eigenvalue weighted by atomic mass is 16.2. The summed E-state index contributed by atoms with van der Waals surface area (Å²) in [6.07, 6.45) is 4.04. The van der Waals surface area contributed by atoms with Gasteiger partial charge < -0.3 is 10.2 Å². The van der Waals surface area contributed by atoms with Crippen LogP contribution < -0.4 is 10.2 Å². The van der Waals surface area contributed by atoms with E-state index in [2.05, 4.69) is 32.2 Å². The van der Waals surface area contributed by atoms with E-state index in [0.29, 0.717) is 12.2 Å². The fourth-order valence-corrected chi connectivity index (χ4v) is 3.43. The Balaban J connectivity index is 1.62. The van der Waals surface area contributed by atoms with Gasteiger partial charge in [-0.2, -0.15) is 5.10 Å². The molecule has 0 bridgehead atoms. The second kappa shape index (κ2) is 7.34. The summed E-state index contributed by atoms with van der Waals surface area (Å²) in [7, 11) is 1.84. The minimum Gasteiger partial charge on any atom is -0.356 e. The zero-order valence-corrected chi connectivity index (χ0v) is 15.7. The predicted octanol–water partition coefficient (Wildman–Crippen LogP) is 2.53. The lowest BCUT2D eigenvalue weighted by Gasteiger charge is -2.31. The third kappa shape index (κ3) is 3.63. The molecule has 140 valence electrons. The van der Waals surface area contributed by atoms with Crippen LogP contribution in [-0.2, 0) is 13.6 Å². The Morgan fingerprint density at radius 2 is 1.93 bits per heavy atom. The lowest BCUT2D eigenvalue weighted by Crippen LogP contribution is -2.34. The van der Waals surface area contributed by atoms with Gasteiger partial charge in [0.1, 0.15) is 5.82 Å². The van der Waals surface area contributed by atoms with E-state index in [4.69, 9.17) is 0 Å². The Kier molecular flexibility index (Phi) is 4.75. The fraction of sp³-hybridized carbons (Fsp3) is 0.400. The SMILES string of the molecule is CC1CCN(c2nc(C(=O)NCc3ccccc3)nc3c2cnn3C)CC1. The first-order valence-electron chi connectivity index (χ1n) is 9.38. The largest absolute Gasteiger partial charge is 0.356 e. The van der Waals surface area contributed by atoms with E-state index in [1.807, 2.05) is 37.4 Å². The molecule has 4 rings (SSSR count). The molecule has 0 atom stereocenters. The van der Waals surface area contributed by atoms with Gasteiger partial charge in [-0.05, 0) is 24.3 Å². The van der Waals surface area contributed by atoms with Crippen molar-refractivity contribution in [3.63, 3.8) is 0 Å². The van der Waals surface area contributed by atoms with Crippen molar-refractivity contribution in [2.24, 2.45) is 13.0 Å². The first-order valence-corrected chi connectivity index (χ1v) is 9.38. The maximum absolute atomic E-state index is 12.7. The van der Waals surface area contributed by atoms with Gasteiger partial charge in [0.25, 0.3) is 5.91 Å². The monoisotopic (exact) mass is 364 g/mol. The number of aromatic nitrogens is 4. The molecule has 1 amide bonds. The molecule has 1 aliphatic rings. The number of hydrogen-bond donors (Lipinski definition) is 1. The van der Waals surface area contributed by atoms with E-state index < -0.39 is 0 Å². The van der Waals surface area contributed by atoms with Crippen molar-refractivity contribution in [2.45, 2.75) is 26.3 Å². The van der Waals surface area contributed by atoms with Crippen molar-refractivity contribution in [1.29, 1.82) is 0 Å². The fourth-order valence-electron chi connectivity index (χ4n) is 3.43. The van der Waals surface area contributed by atoms with Gasteiger partial charge >= 0.3 is 0 Å². The highest BCUT2D eigenvalue weighted by Crippen LogP contribution is 2.27. The highest BCUT2D eigenvalue weighted by molar-refractivity contribution is 5.95. The third-order valence-corrected chi connectivity index (χ3v) is 5.15. The summed E-state index contributed by atoms with van der Waals surface area (Å²) in [6, 6.07) is 9.82. The number of fused-ring (bicyclic) bond motifs is 1. The van der Waals surface area contributed by atoms with Gasteiger partial charge in [-0.15, -0.1) is 0 Å². The van der Waals surface area contributed by atoms with Crippen LogP contribution in [0.2, 0.25) is 0 Å². The quantitative estimate of drug-likeness (QED) is 0.770. The number of piperidine rings is 1. The van der Waals surface area contributed by atoms with Crippen LogP contribution in [0.4, 0.5) is 5.82 Å². The molecule has 0 saturated carbocycles. The second-order valence-electron chi connectivity index (χ2n) is 7.21. The molecule has 27 heavy (non-hydrogen) atoms. The van der Waals surface area contributed by atoms with Crippen LogP contribution in [0.15, 0.2) is 36.5 Å². The van der Waals surface area contributed by atoms with Crippen molar-refractivity contribution in [3.05, 3.63) is 47.9 Å². The number of nitrogens with zero attached hydrogens (tertiary/aromatic N) is 5. The molecule has 0 aliphatic carbocycles. The standard InChI is InChI=1S/C20H24N6O/c1-14-8-10-26(11-9-14)19-16-13-22-25(2)18(16)23-17(24-19)20(27)21-12-15-6-4-3-5-7-15/h3-7,13-14H,8-12H2,1-2H3,(H,21,27). The Morgan fingerprint density at radius 3 is 2.67 bits per heavy atom. The number of benzene rings is 1. The molecular formula is C20H24N6O. The first-order chi connectivity index (χ1) is 13.1. The molecule has 7 heteroatoms. The van der Waals surface area contributed by atoms with E-state index in [-0.39, 0.29) is 11.7 Å². The third-order valence-electron chi connectivity index (χ3n) is 5.15. The van der Waals surface area contributed by atoms with Crippen LogP contribution in [0, 0.1) is 5.92 Å². The molecule has 0 spiro atoms. The molecule has 7 nitrogen and oxygen atoms in total. The van der Waals surface area contributed by atoms with Crippen molar-refractivity contribution >= 4 is 22.8 Å². The van der Waals surface area contributed by atoms with Crippen molar-refractivity contribution < 1.29 is 4.79 Å². The van der Waals surface area contributed by atoms with Gasteiger partial charge in [0.05, 0.1) is 11.6 Å². The van der Waals surface area contributed by atoms with Crippen molar-refractivity contribution in [1.82, 2.24) is 25.1 Å². The average Bonchev–Trinajstić information content (AvgIpc) is 3.08. The Bertz CT molecular complexity index is 944. The summed E-state index contributed by atoms with van der Waals surface area (Å²) in [4.78, 5) is 24.0. The maximum atomic E-state index is 12.7. The molecule has 3 heterocycles. The molecule has 1 fully saturated rings. The lowest BCUT2D eigenvalue weighted by atomic mass is 9.99. The van der Waals surface area contributed by atoms with Gasteiger partial charge in [0, 0.05) is 26.7 Å². The molecule has 1 N–H and O–H groups in total. The van der Waals surface area contributed by atoms with Crippen molar-refractivity contribution in [3.8, 4) is 0 Å². The summed E-state index contributed by atoms with van der Waals surface area (Å²) in [5.41, 5.74) is 1.72. The number of carbonyl (C=O) groups excluding carboxylic acids is 1. The zero-order valence-electron chi connectivity index (χ0n) is 15.7. The van der Waals surface area contributed by atoms with Crippen LogP contribution in [0.25, 0.3) is 11.0 Å². The second-order valence-corrected chi connectivity index (χ2v) is 7.21. The molecule has 2 aromatic heterocycles. The predicted molar refractivity (Wildman–Crippen MR) is 105 cm³/mol. The van der Waals surface area contributed by atoms with E-state index >= 15 is 0 Å².